The van der Waals surface area contributed by atoms with Crippen LogP contribution in [0.15, 0.2) is 66.7 Å². The van der Waals surface area contributed by atoms with Gasteiger partial charge < -0.3 is 4.74 Å². The van der Waals surface area contributed by atoms with E-state index in [1.807, 2.05) is 19.1 Å². The maximum absolute atomic E-state index is 15.1. The Hall–Kier alpha value is -2.85. The molecule has 0 saturated carbocycles. The van der Waals surface area contributed by atoms with Crippen LogP contribution in [0.5, 0.6) is 0 Å². The van der Waals surface area contributed by atoms with Crippen LogP contribution in [-0.4, -0.2) is 12.7 Å². The third kappa shape index (κ3) is 7.87. The van der Waals surface area contributed by atoms with Crippen LogP contribution in [0.2, 0.25) is 0 Å². The van der Waals surface area contributed by atoms with Crippen molar-refractivity contribution in [1.82, 2.24) is 0 Å². The van der Waals surface area contributed by atoms with E-state index in [9.17, 15) is 4.39 Å². The highest BCUT2D eigenvalue weighted by atomic mass is 19.2. The smallest absolute Gasteiger partial charge is 0.166 e. The molecule has 4 heteroatoms. The molecule has 4 rings (SSSR count). The fraction of sp³-hybridized carbons (Fsp3) is 0.444. The number of hydrogen-bond donors (Lipinski definition) is 0. The van der Waals surface area contributed by atoms with Gasteiger partial charge in [0.25, 0.3) is 0 Å². The van der Waals surface area contributed by atoms with Gasteiger partial charge in [-0.25, -0.2) is 13.2 Å². The number of aryl methyl sites for hydroxylation is 1. The molecule has 0 radical (unpaired) electrons. The molecule has 1 saturated heterocycles. The zero-order valence-corrected chi connectivity index (χ0v) is 24.0. The average Bonchev–Trinajstić information content (AvgIpc) is 2.97. The molecule has 2 atom stereocenters. The molecule has 2 unspecified atom stereocenters. The maximum Gasteiger partial charge on any atom is 0.166 e. The van der Waals surface area contributed by atoms with Gasteiger partial charge in [0.15, 0.2) is 11.6 Å². The summed E-state index contributed by atoms with van der Waals surface area (Å²) in [6.07, 6.45) is 16.0. The Morgan fingerprint density at radius 3 is 2.02 bits per heavy atom. The van der Waals surface area contributed by atoms with Gasteiger partial charge in [-0.05, 0) is 60.9 Å². The SMILES string of the molecule is C/C=C/C1CCC(c2ccc(-c3ccc(-c4ccc(CCCCCCCCCC)c(F)c4F)cc3)c(F)c2)CO1. The van der Waals surface area contributed by atoms with Crippen LogP contribution in [-0.2, 0) is 11.2 Å². The highest BCUT2D eigenvalue weighted by Crippen LogP contribution is 2.34. The molecule has 214 valence electrons. The number of benzene rings is 3. The van der Waals surface area contributed by atoms with E-state index in [-0.39, 0.29) is 23.4 Å². The zero-order valence-electron chi connectivity index (χ0n) is 24.0. The molecule has 0 spiro atoms. The quantitative estimate of drug-likeness (QED) is 0.152. The summed E-state index contributed by atoms with van der Waals surface area (Å²) in [7, 11) is 0. The van der Waals surface area contributed by atoms with E-state index in [4.69, 9.17) is 4.74 Å². The number of hydrogen-bond acceptors (Lipinski definition) is 1. The minimum atomic E-state index is -0.813. The van der Waals surface area contributed by atoms with Gasteiger partial charge in [-0.3, -0.25) is 0 Å². The summed E-state index contributed by atoms with van der Waals surface area (Å²) in [6, 6.07) is 15.7. The van der Waals surface area contributed by atoms with E-state index in [1.54, 1.807) is 48.5 Å². The second kappa shape index (κ2) is 15.2. The Bertz CT molecular complexity index is 1240. The number of unbranched alkanes of at least 4 members (excludes halogenated alkanes) is 7. The predicted octanol–water partition coefficient (Wildman–Crippen LogP) is 11.0. The fourth-order valence-electron chi connectivity index (χ4n) is 5.70. The summed E-state index contributed by atoms with van der Waals surface area (Å²) in [5.74, 6) is -1.67. The molecule has 0 aliphatic carbocycles. The Morgan fingerprint density at radius 2 is 1.40 bits per heavy atom. The molecule has 0 N–H and O–H groups in total. The first-order valence-electron chi connectivity index (χ1n) is 15.1. The molecule has 40 heavy (non-hydrogen) atoms. The lowest BCUT2D eigenvalue weighted by Crippen LogP contribution is -2.23. The first kappa shape index (κ1) is 30.1. The predicted molar refractivity (Wildman–Crippen MR) is 160 cm³/mol. The van der Waals surface area contributed by atoms with Crippen molar-refractivity contribution >= 4 is 0 Å². The minimum absolute atomic E-state index is 0.147. The fourth-order valence-corrected chi connectivity index (χ4v) is 5.70. The summed E-state index contributed by atoms with van der Waals surface area (Å²) in [4.78, 5) is 0. The first-order valence-corrected chi connectivity index (χ1v) is 15.1. The summed E-state index contributed by atoms with van der Waals surface area (Å²) in [5.41, 5.74) is 3.38. The van der Waals surface area contributed by atoms with Crippen LogP contribution in [0.4, 0.5) is 13.2 Å². The molecule has 1 heterocycles. The Balaban J connectivity index is 1.36. The lowest BCUT2D eigenvalue weighted by atomic mass is 9.89. The first-order chi connectivity index (χ1) is 19.5. The van der Waals surface area contributed by atoms with Gasteiger partial charge in [0.1, 0.15) is 5.82 Å². The molecule has 3 aromatic carbocycles. The van der Waals surface area contributed by atoms with Crippen molar-refractivity contribution in [3.05, 3.63) is 95.3 Å². The molecule has 3 aromatic rings. The zero-order chi connectivity index (χ0) is 28.3. The minimum Gasteiger partial charge on any atom is -0.374 e. The summed E-state index contributed by atoms with van der Waals surface area (Å²) >= 11 is 0. The number of rotatable bonds is 13. The topological polar surface area (TPSA) is 9.23 Å². The summed E-state index contributed by atoms with van der Waals surface area (Å²) in [6.45, 7) is 4.78. The molecule has 1 fully saturated rings. The third-order valence-electron chi connectivity index (χ3n) is 8.15. The largest absolute Gasteiger partial charge is 0.374 e. The number of allylic oxidation sites excluding steroid dienone is 1. The number of halogens is 3. The van der Waals surface area contributed by atoms with Gasteiger partial charge in [0.05, 0.1) is 12.7 Å². The van der Waals surface area contributed by atoms with Gasteiger partial charge in [0, 0.05) is 17.0 Å². The Kier molecular flexibility index (Phi) is 11.5. The van der Waals surface area contributed by atoms with E-state index in [1.165, 1.54) is 32.1 Å². The van der Waals surface area contributed by atoms with Crippen molar-refractivity contribution in [1.29, 1.82) is 0 Å². The molecular weight excluding hydrogens is 505 g/mol. The van der Waals surface area contributed by atoms with E-state index < -0.39 is 11.6 Å². The van der Waals surface area contributed by atoms with E-state index >= 15 is 8.78 Å². The van der Waals surface area contributed by atoms with Crippen LogP contribution in [0.1, 0.15) is 95.1 Å². The number of ether oxygens (including phenoxy) is 1. The molecule has 1 nitrogen and oxygen atoms in total. The maximum atomic E-state index is 15.1. The van der Waals surface area contributed by atoms with Crippen molar-refractivity contribution in [2.45, 2.75) is 96.5 Å². The molecule has 0 bridgehead atoms. The average molecular weight is 549 g/mol. The standard InChI is InChI=1S/C36H43F3O/c1-3-5-6-7-8-9-10-11-13-28-19-23-33(36(39)35(28)38)27-16-14-26(15-17-27)32-22-20-29(24-34(32)37)30-18-21-31(12-4-2)40-25-30/h4,12,14-17,19-20,22-24,30-31H,3,5-11,13,18,21,25H2,1-2H3/b12-4+. The van der Waals surface area contributed by atoms with Gasteiger partial charge >= 0.3 is 0 Å². The van der Waals surface area contributed by atoms with E-state index in [0.29, 0.717) is 35.3 Å². The molecule has 1 aliphatic rings. The summed E-state index contributed by atoms with van der Waals surface area (Å²) in [5, 5.41) is 0. The molecule has 1 aliphatic heterocycles. The monoisotopic (exact) mass is 548 g/mol. The lowest BCUT2D eigenvalue weighted by molar-refractivity contribution is 0.0326. The van der Waals surface area contributed by atoms with Crippen molar-refractivity contribution < 1.29 is 17.9 Å². The van der Waals surface area contributed by atoms with E-state index in [2.05, 4.69) is 13.0 Å². The van der Waals surface area contributed by atoms with Crippen LogP contribution < -0.4 is 0 Å². The van der Waals surface area contributed by atoms with Gasteiger partial charge in [-0.1, -0.05) is 113 Å². The second-order valence-corrected chi connectivity index (χ2v) is 11.1. The normalized spacial score (nSPS) is 17.5. The second-order valence-electron chi connectivity index (χ2n) is 11.1. The highest BCUT2D eigenvalue weighted by molar-refractivity contribution is 5.71. The van der Waals surface area contributed by atoms with Gasteiger partial charge in [-0.15, -0.1) is 0 Å². The van der Waals surface area contributed by atoms with Crippen molar-refractivity contribution in [3.63, 3.8) is 0 Å². The van der Waals surface area contributed by atoms with Crippen molar-refractivity contribution in [3.8, 4) is 22.3 Å². The Labute approximate surface area is 238 Å². The van der Waals surface area contributed by atoms with Crippen LogP contribution in [0.25, 0.3) is 22.3 Å². The third-order valence-corrected chi connectivity index (χ3v) is 8.15. The van der Waals surface area contributed by atoms with Crippen LogP contribution in [0, 0.1) is 17.5 Å². The van der Waals surface area contributed by atoms with Gasteiger partial charge in [0.2, 0.25) is 0 Å². The van der Waals surface area contributed by atoms with Crippen molar-refractivity contribution in [2.75, 3.05) is 6.61 Å². The Morgan fingerprint density at radius 1 is 0.750 bits per heavy atom. The lowest BCUT2D eigenvalue weighted by Gasteiger charge is -2.28. The summed E-state index contributed by atoms with van der Waals surface area (Å²) < 4.78 is 50.9. The highest BCUT2D eigenvalue weighted by Gasteiger charge is 2.22. The van der Waals surface area contributed by atoms with Gasteiger partial charge in [-0.2, -0.15) is 0 Å². The van der Waals surface area contributed by atoms with E-state index in [0.717, 1.165) is 37.7 Å². The van der Waals surface area contributed by atoms with Crippen LogP contribution in [0.3, 0.4) is 0 Å². The molecule has 0 aromatic heterocycles. The molecule has 0 amide bonds. The van der Waals surface area contributed by atoms with Crippen molar-refractivity contribution in [2.24, 2.45) is 0 Å². The molecular formula is C36H43F3O. The van der Waals surface area contributed by atoms with Crippen LogP contribution >= 0.6 is 0 Å².